The molecule has 92 valence electrons. The Morgan fingerprint density at radius 1 is 1.18 bits per heavy atom. The number of ketones is 1. The van der Waals surface area contributed by atoms with Gasteiger partial charge in [0.05, 0.1) is 0 Å². The molecular weight excluding hydrogens is 217 g/mol. The number of benzene rings is 1. The fourth-order valence-electron chi connectivity index (χ4n) is 2.77. The van der Waals surface area contributed by atoms with Crippen LogP contribution in [0.15, 0.2) is 24.3 Å². The standard InChI is InChI=1S/C14H18FNO/c1-16(2)14(10-4-3-5-13(14)17)11-6-8-12(15)9-7-11/h6-9H,3-5,10H2,1-2H3/t14-/m1/s1. The summed E-state index contributed by atoms with van der Waals surface area (Å²) in [4.78, 5) is 14.3. The van der Waals surface area contributed by atoms with Crippen LogP contribution in [-0.2, 0) is 10.3 Å². The Hall–Kier alpha value is -1.22. The number of hydrogen-bond acceptors (Lipinski definition) is 2. The molecule has 0 aliphatic heterocycles. The van der Waals surface area contributed by atoms with Gasteiger partial charge in [0.25, 0.3) is 0 Å². The number of rotatable bonds is 2. The number of hydrogen-bond donors (Lipinski definition) is 0. The molecule has 3 heteroatoms. The summed E-state index contributed by atoms with van der Waals surface area (Å²) in [5, 5.41) is 0. The van der Waals surface area contributed by atoms with Gasteiger partial charge in [0, 0.05) is 6.42 Å². The largest absolute Gasteiger partial charge is 0.297 e. The van der Waals surface area contributed by atoms with Crippen molar-refractivity contribution in [2.24, 2.45) is 0 Å². The normalized spacial score (nSPS) is 25.3. The van der Waals surface area contributed by atoms with E-state index in [0.29, 0.717) is 6.42 Å². The summed E-state index contributed by atoms with van der Waals surface area (Å²) < 4.78 is 13.0. The minimum atomic E-state index is -0.550. The lowest BCUT2D eigenvalue weighted by Gasteiger charge is -2.41. The van der Waals surface area contributed by atoms with E-state index >= 15 is 0 Å². The summed E-state index contributed by atoms with van der Waals surface area (Å²) in [5.74, 6) is -0.00808. The third-order valence-electron chi connectivity index (χ3n) is 3.74. The highest BCUT2D eigenvalue weighted by molar-refractivity contribution is 5.90. The van der Waals surface area contributed by atoms with Crippen LogP contribution in [0.25, 0.3) is 0 Å². The first kappa shape index (κ1) is 12.2. The smallest absolute Gasteiger partial charge is 0.157 e. The summed E-state index contributed by atoms with van der Waals surface area (Å²) in [5.41, 5.74) is 0.361. The van der Waals surface area contributed by atoms with Crippen LogP contribution in [0, 0.1) is 5.82 Å². The van der Waals surface area contributed by atoms with Gasteiger partial charge in [-0.25, -0.2) is 4.39 Å². The van der Waals surface area contributed by atoms with Gasteiger partial charge < -0.3 is 0 Å². The number of carbonyl (C=O) groups is 1. The maximum absolute atomic E-state index is 13.0. The molecule has 2 rings (SSSR count). The molecule has 17 heavy (non-hydrogen) atoms. The average Bonchev–Trinajstić information content (AvgIpc) is 2.31. The van der Waals surface area contributed by atoms with Crippen molar-refractivity contribution in [2.75, 3.05) is 14.1 Å². The van der Waals surface area contributed by atoms with Crippen molar-refractivity contribution >= 4 is 5.78 Å². The summed E-state index contributed by atoms with van der Waals surface area (Å²) in [6, 6.07) is 6.34. The minimum absolute atomic E-state index is 0.250. The molecule has 1 aliphatic rings. The fourth-order valence-corrected chi connectivity index (χ4v) is 2.77. The Kier molecular flexibility index (Phi) is 3.29. The second-order valence-electron chi connectivity index (χ2n) is 4.89. The number of likely N-dealkylation sites (N-methyl/N-ethyl adjacent to an activating group) is 1. The second kappa shape index (κ2) is 4.57. The van der Waals surface area contributed by atoms with E-state index in [1.807, 2.05) is 19.0 Å². The highest BCUT2D eigenvalue weighted by Gasteiger charge is 2.43. The Bertz CT molecular complexity index is 413. The van der Waals surface area contributed by atoms with Crippen molar-refractivity contribution in [2.45, 2.75) is 31.2 Å². The van der Waals surface area contributed by atoms with Gasteiger partial charge in [0.15, 0.2) is 5.78 Å². The van der Waals surface area contributed by atoms with Crippen molar-refractivity contribution in [3.8, 4) is 0 Å². The molecule has 0 bridgehead atoms. The van der Waals surface area contributed by atoms with E-state index in [9.17, 15) is 9.18 Å². The fraction of sp³-hybridized carbons (Fsp3) is 0.500. The van der Waals surface area contributed by atoms with Gasteiger partial charge in [0.1, 0.15) is 11.4 Å². The lowest BCUT2D eigenvalue weighted by molar-refractivity contribution is -0.133. The Labute approximate surface area is 101 Å². The number of Topliss-reactive ketones (excluding diaryl/α,β-unsaturated/α-hetero) is 1. The minimum Gasteiger partial charge on any atom is -0.297 e. The van der Waals surface area contributed by atoms with Crippen molar-refractivity contribution in [1.82, 2.24) is 4.90 Å². The topological polar surface area (TPSA) is 20.3 Å². The molecule has 1 fully saturated rings. The molecule has 1 aliphatic carbocycles. The molecule has 0 saturated heterocycles. The molecule has 2 nitrogen and oxygen atoms in total. The van der Waals surface area contributed by atoms with Gasteiger partial charge in [-0.15, -0.1) is 0 Å². The van der Waals surface area contributed by atoms with Gasteiger partial charge in [-0.2, -0.15) is 0 Å². The van der Waals surface area contributed by atoms with Crippen LogP contribution < -0.4 is 0 Å². The molecule has 0 amide bonds. The third-order valence-corrected chi connectivity index (χ3v) is 3.74. The van der Waals surface area contributed by atoms with E-state index in [1.165, 1.54) is 12.1 Å². The second-order valence-corrected chi connectivity index (χ2v) is 4.89. The van der Waals surface area contributed by atoms with Gasteiger partial charge in [0.2, 0.25) is 0 Å². The molecular formula is C14H18FNO. The molecule has 0 aromatic heterocycles. The van der Waals surface area contributed by atoms with Gasteiger partial charge in [-0.3, -0.25) is 9.69 Å². The highest BCUT2D eigenvalue weighted by Crippen LogP contribution is 2.38. The zero-order chi connectivity index (χ0) is 12.5. The molecule has 0 spiro atoms. The van der Waals surface area contributed by atoms with Gasteiger partial charge in [-0.1, -0.05) is 18.6 Å². The first-order valence-corrected chi connectivity index (χ1v) is 6.04. The summed E-state index contributed by atoms with van der Waals surface area (Å²) in [7, 11) is 3.85. The summed E-state index contributed by atoms with van der Waals surface area (Å²) >= 11 is 0. The first-order valence-electron chi connectivity index (χ1n) is 6.04. The van der Waals surface area contributed by atoms with E-state index < -0.39 is 5.54 Å². The van der Waals surface area contributed by atoms with Crippen molar-refractivity contribution in [3.05, 3.63) is 35.6 Å². The van der Waals surface area contributed by atoms with Crippen LogP contribution >= 0.6 is 0 Å². The number of carbonyl (C=O) groups excluding carboxylic acids is 1. The van der Waals surface area contributed by atoms with E-state index in [1.54, 1.807) is 12.1 Å². The first-order chi connectivity index (χ1) is 8.07. The molecule has 0 unspecified atom stereocenters. The summed E-state index contributed by atoms with van der Waals surface area (Å²) in [6.07, 6.45) is 3.46. The Balaban J connectivity index is 2.46. The van der Waals surface area contributed by atoms with Crippen molar-refractivity contribution in [3.63, 3.8) is 0 Å². The van der Waals surface area contributed by atoms with E-state index in [0.717, 1.165) is 24.8 Å². The number of nitrogens with zero attached hydrogens (tertiary/aromatic N) is 1. The molecule has 0 radical (unpaired) electrons. The lowest BCUT2D eigenvalue weighted by atomic mass is 9.74. The maximum Gasteiger partial charge on any atom is 0.157 e. The molecule has 1 saturated carbocycles. The predicted octanol–water partition coefficient (Wildman–Crippen LogP) is 2.73. The third kappa shape index (κ3) is 2.00. The zero-order valence-electron chi connectivity index (χ0n) is 10.4. The van der Waals surface area contributed by atoms with Crippen LogP contribution in [0.4, 0.5) is 4.39 Å². The molecule has 0 heterocycles. The van der Waals surface area contributed by atoms with Crippen molar-refractivity contribution in [1.29, 1.82) is 0 Å². The average molecular weight is 235 g/mol. The molecule has 1 atom stereocenters. The zero-order valence-corrected chi connectivity index (χ0v) is 10.4. The van der Waals surface area contributed by atoms with E-state index in [4.69, 9.17) is 0 Å². The van der Waals surface area contributed by atoms with Gasteiger partial charge in [-0.05, 0) is 44.6 Å². The van der Waals surface area contributed by atoms with E-state index in [2.05, 4.69) is 0 Å². The quantitative estimate of drug-likeness (QED) is 0.785. The van der Waals surface area contributed by atoms with Crippen LogP contribution in [0.3, 0.4) is 0 Å². The number of halogens is 1. The van der Waals surface area contributed by atoms with Crippen LogP contribution in [-0.4, -0.2) is 24.8 Å². The van der Waals surface area contributed by atoms with Gasteiger partial charge >= 0.3 is 0 Å². The molecule has 1 aromatic rings. The van der Waals surface area contributed by atoms with Crippen LogP contribution in [0.2, 0.25) is 0 Å². The SMILES string of the molecule is CN(C)[C@@]1(c2ccc(F)cc2)CCCCC1=O. The summed E-state index contributed by atoms with van der Waals surface area (Å²) in [6.45, 7) is 0. The Morgan fingerprint density at radius 2 is 1.82 bits per heavy atom. The Morgan fingerprint density at radius 3 is 2.35 bits per heavy atom. The van der Waals surface area contributed by atoms with Crippen LogP contribution in [0.5, 0.6) is 0 Å². The molecule has 1 aromatic carbocycles. The van der Waals surface area contributed by atoms with Crippen molar-refractivity contribution < 1.29 is 9.18 Å². The highest BCUT2D eigenvalue weighted by atomic mass is 19.1. The predicted molar refractivity (Wildman–Crippen MR) is 65.2 cm³/mol. The maximum atomic E-state index is 13.0. The van der Waals surface area contributed by atoms with Crippen LogP contribution in [0.1, 0.15) is 31.2 Å². The van der Waals surface area contributed by atoms with E-state index in [-0.39, 0.29) is 11.6 Å². The molecule has 0 N–H and O–H groups in total. The lowest BCUT2D eigenvalue weighted by Crippen LogP contribution is -2.50. The monoisotopic (exact) mass is 235 g/mol.